The highest BCUT2D eigenvalue weighted by molar-refractivity contribution is 8.01. The molecule has 3 rings (SSSR count). The van der Waals surface area contributed by atoms with Gasteiger partial charge < -0.3 is 9.47 Å². The molecule has 1 aliphatic heterocycles. The molecule has 176 valence electrons. The van der Waals surface area contributed by atoms with Gasteiger partial charge in [0, 0.05) is 12.0 Å². The average Bonchev–Trinajstić information content (AvgIpc) is 3.08. The molecule has 0 aliphatic carbocycles. The lowest BCUT2D eigenvalue weighted by Gasteiger charge is -2.22. The molecular weight excluding hydrogens is 468 g/mol. The summed E-state index contributed by atoms with van der Waals surface area (Å²) in [6, 6.07) is 13.5. The lowest BCUT2D eigenvalue weighted by atomic mass is 10.2. The number of carbonyl (C=O) groups excluding carboxylic acids is 3. The van der Waals surface area contributed by atoms with Crippen LogP contribution in [0.5, 0.6) is 11.5 Å². The zero-order valence-electron chi connectivity index (χ0n) is 18.4. The highest BCUT2D eigenvalue weighted by Gasteiger charge is 2.40. The maximum Gasteiger partial charge on any atom is 0.247 e. The van der Waals surface area contributed by atoms with Crippen molar-refractivity contribution < 1.29 is 32.3 Å². The molecule has 1 aliphatic rings. The van der Waals surface area contributed by atoms with Gasteiger partial charge in [-0.3, -0.25) is 14.4 Å². The molecule has 0 radical (unpaired) electrons. The van der Waals surface area contributed by atoms with Crippen LogP contribution >= 0.6 is 11.8 Å². The Kier molecular flexibility index (Phi) is 7.65. The smallest absolute Gasteiger partial charge is 0.247 e. The first-order valence-electron chi connectivity index (χ1n) is 9.91. The van der Waals surface area contributed by atoms with Gasteiger partial charge in [0.05, 0.1) is 43.7 Å². The van der Waals surface area contributed by atoms with Crippen molar-refractivity contribution in [1.29, 1.82) is 0 Å². The molecule has 0 saturated carbocycles. The third-order valence-electron chi connectivity index (χ3n) is 5.00. The summed E-state index contributed by atoms with van der Waals surface area (Å²) in [5, 5.41) is -0.769. The number of sulfonamides is 1. The predicted molar refractivity (Wildman–Crippen MR) is 125 cm³/mol. The monoisotopic (exact) mass is 492 g/mol. The van der Waals surface area contributed by atoms with E-state index in [1.807, 2.05) is 0 Å². The maximum atomic E-state index is 12.9. The van der Waals surface area contributed by atoms with Crippen LogP contribution in [-0.4, -0.2) is 61.9 Å². The van der Waals surface area contributed by atoms with Crippen LogP contribution in [0.3, 0.4) is 0 Å². The number of nitrogens with zero attached hydrogens (tertiary/aromatic N) is 2. The van der Waals surface area contributed by atoms with Gasteiger partial charge in [-0.05, 0) is 18.2 Å². The number of imide groups is 1. The number of thioether (sulfide) groups is 1. The van der Waals surface area contributed by atoms with Crippen LogP contribution in [0.1, 0.15) is 12.0 Å². The molecule has 0 bridgehead atoms. The van der Waals surface area contributed by atoms with E-state index in [2.05, 4.69) is 0 Å². The molecule has 0 aromatic heterocycles. The van der Waals surface area contributed by atoms with Crippen molar-refractivity contribution in [3.63, 3.8) is 0 Å². The number of hydrogen-bond donors (Lipinski definition) is 0. The van der Waals surface area contributed by atoms with Gasteiger partial charge in [-0.1, -0.05) is 30.3 Å². The van der Waals surface area contributed by atoms with Crippen LogP contribution in [0.15, 0.2) is 48.5 Å². The molecule has 1 fully saturated rings. The summed E-state index contributed by atoms with van der Waals surface area (Å²) in [6.07, 6.45) is 0.873. The van der Waals surface area contributed by atoms with Gasteiger partial charge in [0.25, 0.3) is 0 Å². The Morgan fingerprint density at radius 3 is 2.39 bits per heavy atom. The van der Waals surface area contributed by atoms with E-state index < -0.39 is 27.1 Å². The normalized spacial score (nSPS) is 16.1. The summed E-state index contributed by atoms with van der Waals surface area (Å²) in [6.45, 7) is -0.258. The first-order chi connectivity index (χ1) is 15.7. The number of anilines is 1. The second-order valence-corrected chi connectivity index (χ2v) is 10.3. The van der Waals surface area contributed by atoms with Crippen LogP contribution in [-0.2, 0) is 31.0 Å². The number of carbonyl (C=O) groups is 3. The van der Waals surface area contributed by atoms with Gasteiger partial charge in [0.1, 0.15) is 0 Å². The van der Waals surface area contributed by atoms with Gasteiger partial charge in [0.2, 0.25) is 27.7 Å². The fourth-order valence-electron chi connectivity index (χ4n) is 3.45. The molecule has 1 unspecified atom stereocenters. The molecule has 0 spiro atoms. The number of para-hydroxylation sites is 2. The first-order valence-corrected chi connectivity index (χ1v) is 12.8. The SMILES string of the molecule is COc1cccc(CN(C(=O)CSC2CC(=O)N(c3ccccc3)C2=O)S(C)(=O)=O)c1OC. The second kappa shape index (κ2) is 10.3. The topological polar surface area (TPSA) is 110 Å². The van der Waals surface area contributed by atoms with Crippen molar-refractivity contribution in [3.05, 3.63) is 54.1 Å². The van der Waals surface area contributed by atoms with Crippen molar-refractivity contribution in [2.45, 2.75) is 18.2 Å². The number of hydrogen-bond acceptors (Lipinski definition) is 8. The van der Waals surface area contributed by atoms with Gasteiger partial charge >= 0.3 is 0 Å². The standard InChI is InChI=1S/C22H24N2O7S2/c1-30-17-11-7-8-15(21(17)31-2)13-23(33(3,28)29)20(26)14-32-18-12-19(25)24(22(18)27)16-9-5-4-6-10-16/h4-11,18H,12-14H2,1-3H3. The van der Waals surface area contributed by atoms with Crippen LogP contribution < -0.4 is 14.4 Å². The molecule has 3 amide bonds. The molecule has 2 aromatic rings. The lowest BCUT2D eigenvalue weighted by molar-refractivity contribution is -0.124. The third-order valence-corrected chi connectivity index (χ3v) is 7.32. The summed E-state index contributed by atoms with van der Waals surface area (Å²) in [4.78, 5) is 39.1. The lowest BCUT2D eigenvalue weighted by Crippen LogP contribution is -2.37. The number of benzene rings is 2. The van der Waals surface area contributed by atoms with Crippen molar-refractivity contribution in [1.82, 2.24) is 4.31 Å². The van der Waals surface area contributed by atoms with Crippen molar-refractivity contribution in [2.24, 2.45) is 0 Å². The van der Waals surface area contributed by atoms with Gasteiger partial charge in [0.15, 0.2) is 11.5 Å². The Hall–Kier alpha value is -3.05. The van der Waals surface area contributed by atoms with E-state index >= 15 is 0 Å². The van der Waals surface area contributed by atoms with Gasteiger partial charge in [-0.2, -0.15) is 0 Å². The van der Waals surface area contributed by atoms with E-state index in [1.165, 1.54) is 14.2 Å². The highest BCUT2D eigenvalue weighted by Crippen LogP contribution is 2.33. The minimum Gasteiger partial charge on any atom is -0.493 e. The summed E-state index contributed by atoms with van der Waals surface area (Å²) in [5.41, 5.74) is 0.910. The van der Waals surface area contributed by atoms with Gasteiger partial charge in [-0.15, -0.1) is 11.8 Å². The van der Waals surface area contributed by atoms with E-state index in [-0.39, 0.29) is 24.6 Å². The summed E-state index contributed by atoms with van der Waals surface area (Å²) in [7, 11) is -1.04. The van der Waals surface area contributed by atoms with Crippen LogP contribution in [0.25, 0.3) is 0 Å². The number of amides is 3. The zero-order chi connectivity index (χ0) is 24.2. The average molecular weight is 493 g/mol. The molecule has 1 atom stereocenters. The van der Waals surface area contributed by atoms with Gasteiger partial charge in [-0.25, -0.2) is 17.6 Å². The molecule has 0 N–H and O–H groups in total. The largest absolute Gasteiger partial charge is 0.493 e. The van der Waals surface area contributed by atoms with Crippen LogP contribution in [0, 0.1) is 0 Å². The third kappa shape index (κ3) is 5.48. The summed E-state index contributed by atoms with van der Waals surface area (Å²) < 4.78 is 36.0. The first kappa shape index (κ1) is 24.6. The Morgan fingerprint density at radius 1 is 1.09 bits per heavy atom. The second-order valence-electron chi connectivity index (χ2n) is 7.22. The number of rotatable bonds is 9. The van der Waals surface area contributed by atoms with E-state index in [4.69, 9.17) is 9.47 Å². The van der Waals surface area contributed by atoms with Crippen LogP contribution in [0.4, 0.5) is 5.69 Å². The van der Waals surface area contributed by atoms with E-state index in [9.17, 15) is 22.8 Å². The number of ether oxygens (including phenoxy) is 2. The van der Waals surface area contributed by atoms with E-state index in [0.29, 0.717) is 22.7 Å². The zero-order valence-corrected chi connectivity index (χ0v) is 20.0. The highest BCUT2D eigenvalue weighted by atomic mass is 32.2. The molecule has 2 aromatic carbocycles. The Labute approximate surface area is 196 Å². The molecule has 33 heavy (non-hydrogen) atoms. The molecule has 9 nitrogen and oxygen atoms in total. The molecule has 1 heterocycles. The molecule has 1 saturated heterocycles. The Bertz CT molecular complexity index is 1150. The fourth-order valence-corrected chi connectivity index (χ4v) is 5.35. The van der Waals surface area contributed by atoms with E-state index in [1.54, 1.807) is 48.5 Å². The fraction of sp³-hybridized carbons (Fsp3) is 0.318. The van der Waals surface area contributed by atoms with Crippen molar-refractivity contribution >= 4 is 45.2 Å². The molecular formula is C22H24N2O7S2. The quantitative estimate of drug-likeness (QED) is 0.489. The van der Waals surface area contributed by atoms with Crippen LogP contribution in [0.2, 0.25) is 0 Å². The van der Waals surface area contributed by atoms with Crippen molar-refractivity contribution in [2.75, 3.05) is 31.1 Å². The minimum atomic E-state index is -3.92. The summed E-state index contributed by atoms with van der Waals surface area (Å²) >= 11 is 0.951. The molecule has 11 heteroatoms. The van der Waals surface area contributed by atoms with Crippen molar-refractivity contribution in [3.8, 4) is 11.5 Å². The minimum absolute atomic E-state index is 0.0613. The number of methoxy groups -OCH3 is 2. The maximum absolute atomic E-state index is 12.9. The Morgan fingerprint density at radius 2 is 1.79 bits per heavy atom. The van der Waals surface area contributed by atoms with E-state index in [0.717, 1.165) is 27.2 Å². The Balaban J connectivity index is 1.73. The summed E-state index contributed by atoms with van der Waals surface area (Å²) in [5.74, 6) is -1.05. The predicted octanol–water partition coefficient (Wildman–Crippen LogP) is 2.06.